The second-order valence-corrected chi connectivity index (χ2v) is 6.93. The number of hydrogen-bond acceptors (Lipinski definition) is 6. The Morgan fingerprint density at radius 3 is 3.06 bits per heavy atom. The zero-order chi connectivity index (χ0) is 21.4. The molecular formula is C22H14FN7O. The number of imidazole rings is 1. The molecule has 4 aromatic rings. The van der Waals surface area contributed by atoms with Gasteiger partial charge in [0.1, 0.15) is 17.6 Å². The lowest BCUT2D eigenvalue weighted by Gasteiger charge is -2.13. The van der Waals surface area contributed by atoms with Crippen LogP contribution in [0, 0.1) is 23.7 Å². The summed E-state index contributed by atoms with van der Waals surface area (Å²) in [6, 6.07) is 6.77. The van der Waals surface area contributed by atoms with E-state index in [2.05, 4.69) is 25.1 Å². The van der Waals surface area contributed by atoms with Crippen molar-refractivity contribution >= 4 is 17.3 Å². The van der Waals surface area contributed by atoms with Crippen LogP contribution in [0.2, 0.25) is 0 Å². The third kappa shape index (κ3) is 3.18. The zero-order valence-corrected chi connectivity index (χ0v) is 16.1. The highest BCUT2D eigenvalue weighted by Gasteiger charge is 2.20. The van der Waals surface area contributed by atoms with Gasteiger partial charge in [0, 0.05) is 48.2 Å². The highest BCUT2D eigenvalue weighted by Crippen LogP contribution is 2.31. The Balaban J connectivity index is 1.56. The summed E-state index contributed by atoms with van der Waals surface area (Å²) in [5.41, 5.74) is 3.77. The van der Waals surface area contributed by atoms with Crippen molar-refractivity contribution in [1.29, 1.82) is 5.26 Å². The molecule has 5 rings (SSSR count). The first-order valence-corrected chi connectivity index (χ1v) is 9.46. The topological polar surface area (TPSA) is 92.5 Å². The van der Waals surface area contributed by atoms with Crippen LogP contribution in [0.4, 0.5) is 16.0 Å². The van der Waals surface area contributed by atoms with Crippen molar-refractivity contribution in [2.45, 2.75) is 13.0 Å². The highest BCUT2D eigenvalue weighted by atomic mass is 19.1. The Bertz CT molecular complexity index is 1410. The summed E-state index contributed by atoms with van der Waals surface area (Å²) in [4.78, 5) is 16.3. The molecule has 0 spiro atoms. The van der Waals surface area contributed by atoms with E-state index < -0.39 is 0 Å². The summed E-state index contributed by atoms with van der Waals surface area (Å²) in [5, 5.41) is 12.5. The summed E-state index contributed by atoms with van der Waals surface area (Å²) in [6.07, 6.45) is 6.91. The summed E-state index contributed by atoms with van der Waals surface area (Å²) in [6.45, 7) is 7.93. The molecule has 0 saturated carbocycles. The van der Waals surface area contributed by atoms with Crippen molar-refractivity contribution in [3.63, 3.8) is 0 Å². The number of anilines is 1. The summed E-state index contributed by atoms with van der Waals surface area (Å²) in [5.74, 6) is 0.807. The average Bonchev–Trinajstić information content (AvgIpc) is 3.45. The van der Waals surface area contributed by atoms with Gasteiger partial charge in [-0.3, -0.25) is 9.38 Å². The molecule has 31 heavy (non-hydrogen) atoms. The number of nitrogens with zero attached hydrogens (tertiary/aromatic N) is 6. The third-order valence-electron chi connectivity index (χ3n) is 5.13. The molecule has 9 heteroatoms. The molecule has 1 aliphatic rings. The number of hydrogen-bond donors (Lipinski definition) is 1. The van der Waals surface area contributed by atoms with Crippen LogP contribution < -0.4 is 10.1 Å². The molecule has 3 aromatic heterocycles. The number of nitrogens with one attached hydrogen (secondary N) is 1. The van der Waals surface area contributed by atoms with Crippen molar-refractivity contribution in [2.75, 3.05) is 11.9 Å². The van der Waals surface area contributed by atoms with Gasteiger partial charge in [0.05, 0.1) is 19.4 Å². The lowest BCUT2D eigenvalue weighted by Crippen LogP contribution is -2.09. The van der Waals surface area contributed by atoms with Gasteiger partial charge in [-0.2, -0.15) is 5.26 Å². The number of aromatic nitrogens is 4. The van der Waals surface area contributed by atoms with Crippen LogP contribution in [0.1, 0.15) is 16.8 Å². The molecule has 4 heterocycles. The van der Waals surface area contributed by atoms with E-state index in [-0.39, 0.29) is 18.1 Å². The molecule has 0 fully saturated rings. The molecule has 0 radical (unpaired) electrons. The SMILES string of the molecule is [C-]#[N+]c1cncc(-c2cnc(NCc3c(F)ccc4c3CCO4)n3cc(C#N)nc23)c1. The molecule has 0 saturated heterocycles. The Kier molecular flexibility index (Phi) is 4.42. The number of nitriles is 1. The van der Waals surface area contributed by atoms with E-state index in [0.29, 0.717) is 52.8 Å². The fourth-order valence-corrected chi connectivity index (χ4v) is 3.68. The van der Waals surface area contributed by atoms with E-state index in [1.165, 1.54) is 12.3 Å². The lowest BCUT2D eigenvalue weighted by molar-refractivity contribution is 0.356. The number of ether oxygens (including phenoxy) is 1. The molecule has 0 aliphatic carbocycles. The van der Waals surface area contributed by atoms with E-state index in [0.717, 1.165) is 5.56 Å². The molecule has 0 unspecified atom stereocenters. The molecule has 0 bridgehead atoms. The van der Waals surface area contributed by atoms with Crippen LogP contribution >= 0.6 is 0 Å². The van der Waals surface area contributed by atoms with E-state index >= 15 is 0 Å². The van der Waals surface area contributed by atoms with Crippen LogP contribution in [0.25, 0.3) is 21.6 Å². The van der Waals surface area contributed by atoms with Crippen molar-refractivity contribution in [2.24, 2.45) is 0 Å². The predicted molar refractivity (Wildman–Crippen MR) is 110 cm³/mol. The van der Waals surface area contributed by atoms with Crippen LogP contribution in [-0.4, -0.2) is 26.0 Å². The quantitative estimate of drug-likeness (QED) is 0.512. The first-order valence-electron chi connectivity index (χ1n) is 9.46. The minimum atomic E-state index is -0.310. The van der Waals surface area contributed by atoms with Gasteiger partial charge in [-0.05, 0) is 23.8 Å². The minimum Gasteiger partial charge on any atom is -0.493 e. The second-order valence-electron chi connectivity index (χ2n) is 6.93. The Morgan fingerprint density at radius 2 is 2.23 bits per heavy atom. The lowest BCUT2D eigenvalue weighted by atomic mass is 10.0. The first kappa shape index (κ1) is 18.5. The van der Waals surface area contributed by atoms with Crippen LogP contribution in [0.5, 0.6) is 5.75 Å². The summed E-state index contributed by atoms with van der Waals surface area (Å²) in [7, 11) is 0. The van der Waals surface area contributed by atoms with E-state index in [4.69, 9.17) is 11.3 Å². The number of benzene rings is 1. The number of halogens is 1. The third-order valence-corrected chi connectivity index (χ3v) is 5.13. The second kappa shape index (κ2) is 7.39. The number of rotatable bonds is 4. The molecule has 1 aromatic carbocycles. The number of fused-ring (bicyclic) bond motifs is 2. The van der Waals surface area contributed by atoms with E-state index in [9.17, 15) is 9.65 Å². The van der Waals surface area contributed by atoms with Crippen molar-refractivity contribution < 1.29 is 9.13 Å². The molecule has 0 atom stereocenters. The van der Waals surface area contributed by atoms with Crippen LogP contribution in [-0.2, 0) is 13.0 Å². The van der Waals surface area contributed by atoms with Gasteiger partial charge >= 0.3 is 0 Å². The Hall–Kier alpha value is -4.50. The summed E-state index contributed by atoms with van der Waals surface area (Å²) >= 11 is 0. The predicted octanol–water partition coefficient (Wildman–Crippen LogP) is 3.90. The summed E-state index contributed by atoms with van der Waals surface area (Å²) < 4.78 is 21.6. The van der Waals surface area contributed by atoms with Gasteiger partial charge < -0.3 is 10.1 Å². The Labute approximate surface area is 176 Å². The normalized spacial score (nSPS) is 12.1. The minimum absolute atomic E-state index is 0.203. The van der Waals surface area contributed by atoms with Gasteiger partial charge in [-0.25, -0.2) is 19.2 Å². The fourth-order valence-electron chi connectivity index (χ4n) is 3.68. The highest BCUT2D eigenvalue weighted by molar-refractivity contribution is 5.79. The fraction of sp³-hybridized carbons (Fsp3) is 0.136. The van der Waals surface area contributed by atoms with Gasteiger partial charge in [-0.15, -0.1) is 0 Å². The molecular weight excluding hydrogens is 397 g/mol. The van der Waals surface area contributed by atoms with Gasteiger partial charge in [0.15, 0.2) is 11.3 Å². The van der Waals surface area contributed by atoms with Gasteiger partial charge in [0.25, 0.3) is 0 Å². The maximum Gasteiger partial charge on any atom is 0.208 e. The molecule has 0 amide bonds. The van der Waals surface area contributed by atoms with Crippen molar-refractivity contribution in [1.82, 2.24) is 19.4 Å². The van der Waals surface area contributed by atoms with Gasteiger partial charge in [0.2, 0.25) is 11.6 Å². The first-order chi connectivity index (χ1) is 15.2. The standard InChI is InChI=1S/C22H14FN7O/c1-25-14-6-13(8-26-9-14)17-10-27-22(30-12-15(7-24)29-21(17)30)28-11-18-16-4-5-31-20(16)3-2-19(18)23/h2-3,6,8-10,12H,4-5,11H2,(H,27,28). The monoisotopic (exact) mass is 411 g/mol. The molecule has 1 N–H and O–H groups in total. The Morgan fingerprint density at radius 1 is 1.32 bits per heavy atom. The molecule has 1 aliphatic heterocycles. The van der Waals surface area contributed by atoms with Crippen molar-refractivity contribution in [3.8, 4) is 22.9 Å². The average molecular weight is 411 g/mol. The molecule has 8 nitrogen and oxygen atoms in total. The number of pyridine rings is 1. The van der Waals surface area contributed by atoms with Gasteiger partial charge in [-0.1, -0.05) is 0 Å². The van der Waals surface area contributed by atoms with E-state index in [1.54, 1.807) is 35.1 Å². The molecule has 150 valence electrons. The zero-order valence-electron chi connectivity index (χ0n) is 16.1. The maximum absolute atomic E-state index is 14.5. The largest absolute Gasteiger partial charge is 0.493 e. The van der Waals surface area contributed by atoms with E-state index in [1.807, 2.05) is 6.07 Å². The van der Waals surface area contributed by atoms with Crippen LogP contribution in [0.15, 0.2) is 43.0 Å². The van der Waals surface area contributed by atoms with Crippen molar-refractivity contribution in [3.05, 3.63) is 77.0 Å². The van der Waals surface area contributed by atoms with Crippen LogP contribution in [0.3, 0.4) is 0 Å². The maximum atomic E-state index is 14.5. The smallest absolute Gasteiger partial charge is 0.208 e.